The molecule has 25 heavy (non-hydrogen) atoms. The summed E-state index contributed by atoms with van der Waals surface area (Å²) < 4.78 is 11.4. The highest BCUT2D eigenvalue weighted by atomic mass is 79.9. The number of carbonyl (C=O) groups excluding carboxylic acids is 2. The number of hydrogen-bond acceptors (Lipinski definition) is 5. The van der Waals surface area contributed by atoms with Crippen LogP contribution in [0.2, 0.25) is 0 Å². The molecule has 0 aliphatic carbocycles. The number of ether oxygens (including phenoxy) is 2. The first-order valence-electron chi connectivity index (χ1n) is 7.31. The number of cyclic esters (lactones) is 1. The van der Waals surface area contributed by atoms with Crippen LogP contribution in [-0.4, -0.2) is 24.4 Å². The molecule has 2 N–H and O–H groups in total. The van der Waals surface area contributed by atoms with Crippen LogP contribution in [0.15, 0.2) is 63.7 Å². The molecule has 0 radical (unpaired) electrons. The smallest absolute Gasteiger partial charge is 0.363 e. The number of primary amides is 1. The molecule has 6 nitrogen and oxygen atoms in total. The fraction of sp³-hybridized carbons (Fsp3) is 0.0556. The summed E-state index contributed by atoms with van der Waals surface area (Å²) in [5.41, 5.74) is 6.52. The molecule has 0 fully saturated rings. The SMILES string of the molecule is NC(=O)COc1ccc(Br)cc1/C=C1\N=C(c2ccccc2)OC1=O. The Labute approximate surface area is 152 Å². The van der Waals surface area contributed by atoms with E-state index in [0.29, 0.717) is 16.9 Å². The minimum Gasteiger partial charge on any atom is -0.483 e. The van der Waals surface area contributed by atoms with E-state index in [4.69, 9.17) is 15.2 Å². The Morgan fingerprint density at radius 2 is 2.00 bits per heavy atom. The van der Waals surface area contributed by atoms with Gasteiger partial charge in [0.05, 0.1) is 0 Å². The zero-order valence-electron chi connectivity index (χ0n) is 12.9. The highest BCUT2D eigenvalue weighted by molar-refractivity contribution is 9.10. The third kappa shape index (κ3) is 4.13. The first kappa shape index (κ1) is 16.9. The molecule has 0 saturated heterocycles. The number of esters is 1. The summed E-state index contributed by atoms with van der Waals surface area (Å²) in [6.07, 6.45) is 1.54. The number of benzene rings is 2. The van der Waals surface area contributed by atoms with Crippen molar-refractivity contribution < 1.29 is 19.1 Å². The van der Waals surface area contributed by atoms with Crippen LogP contribution in [0.1, 0.15) is 11.1 Å². The standard InChI is InChI=1S/C18H13BrN2O4/c19-13-6-7-15(24-10-16(20)22)12(8-13)9-14-18(23)25-17(21-14)11-4-2-1-3-5-11/h1-9H,10H2,(H2,20,22)/b14-9-. The van der Waals surface area contributed by atoms with Gasteiger partial charge in [0, 0.05) is 15.6 Å². The van der Waals surface area contributed by atoms with E-state index >= 15 is 0 Å². The molecule has 1 aliphatic rings. The molecule has 0 spiro atoms. The summed E-state index contributed by atoms with van der Waals surface area (Å²) >= 11 is 3.36. The van der Waals surface area contributed by atoms with Gasteiger partial charge in [-0.1, -0.05) is 34.1 Å². The molecule has 1 amide bonds. The minimum atomic E-state index is -0.591. The molecule has 1 heterocycles. The van der Waals surface area contributed by atoms with Crippen molar-refractivity contribution in [2.75, 3.05) is 6.61 Å². The van der Waals surface area contributed by atoms with Crippen LogP contribution in [-0.2, 0) is 14.3 Å². The molecule has 1 aliphatic heterocycles. The van der Waals surface area contributed by atoms with Gasteiger partial charge < -0.3 is 15.2 Å². The molecular weight excluding hydrogens is 388 g/mol. The fourth-order valence-corrected chi connectivity index (χ4v) is 2.55. The number of halogens is 1. The second-order valence-electron chi connectivity index (χ2n) is 5.14. The second kappa shape index (κ2) is 7.31. The van der Waals surface area contributed by atoms with Gasteiger partial charge in [-0.2, -0.15) is 0 Å². The van der Waals surface area contributed by atoms with Crippen molar-refractivity contribution in [1.82, 2.24) is 0 Å². The number of nitrogens with two attached hydrogens (primary N) is 1. The van der Waals surface area contributed by atoms with Crippen LogP contribution in [0.3, 0.4) is 0 Å². The van der Waals surface area contributed by atoms with Crippen LogP contribution >= 0.6 is 15.9 Å². The number of aliphatic imine (C=N–C) groups is 1. The van der Waals surface area contributed by atoms with Gasteiger partial charge in [-0.05, 0) is 36.4 Å². The molecule has 0 saturated carbocycles. The average molecular weight is 401 g/mol. The lowest BCUT2D eigenvalue weighted by molar-refractivity contribution is -0.130. The Balaban J connectivity index is 1.94. The van der Waals surface area contributed by atoms with E-state index < -0.39 is 11.9 Å². The zero-order chi connectivity index (χ0) is 17.8. The zero-order valence-corrected chi connectivity index (χ0v) is 14.5. The molecule has 0 bridgehead atoms. The third-order valence-electron chi connectivity index (χ3n) is 3.28. The van der Waals surface area contributed by atoms with Gasteiger partial charge in [-0.3, -0.25) is 4.79 Å². The van der Waals surface area contributed by atoms with Crippen LogP contribution in [0.5, 0.6) is 5.75 Å². The summed E-state index contributed by atoms with van der Waals surface area (Å²) in [6, 6.07) is 14.3. The van der Waals surface area contributed by atoms with Crippen LogP contribution in [0, 0.1) is 0 Å². The summed E-state index contributed by atoms with van der Waals surface area (Å²) in [4.78, 5) is 27.3. The van der Waals surface area contributed by atoms with Crippen molar-refractivity contribution in [2.24, 2.45) is 10.7 Å². The monoisotopic (exact) mass is 400 g/mol. The Kier molecular flexibility index (Phi) is 4.95. The van der Waals surface area contributed by atoms with Crippen molar-refractivity contribution in [2.45, 2.75) is 0 Å². The van der Waals surface area contributed by atoms with Gasteiger partial charge >= 0.3 is 5.97 Å². The van der Waals surface area contributed by atoms with Crippen LogP contribution in [0.25, 0.3) is 6.08 Å². The summed E-state index contributed by atoms with van der Waals surface area (Å²) in [7, 11) is 0. The Morgan fingerprint density at radius 1 is 1.24 bits per heavy atom. The van der Waals surface area contributed by atoms with Gasteiger partial charge in [0.25, 0.3) is 5.91 Å². The fourth-order valence-electron chi connectivity index (χ4n) is 2.17. The lowest BCUT2D eigenvalue weighted by Gasteiger charge is -2.08. The number of nitrogens with zero attached hydrogens (tertiary/aromatic N) is 1. The normalized spacial score (nSPS) is 15.0. The topological polar surface area (TPSA) is 91.0 Å². The molecule has 0 unspecified atom stereocenters. The molecule has 0 aromatic heterocycles. The van der Waals surface area contributed by atoms with E-state index in [-0.39, 0.29) is 18.2 Å². The van der Waals surface area contributed by atoms with Gasteiger partial charge in [-0.15, -0.1) is 0 Å². The first-order valence-corrected chi connectivity index (χ1v) is 8.11. The van der Waals surface area contributed by atoms with Gasteiger partial charge in [-0.25, -0.2) is 9.79 Å². The summed E-state index contributed by atoms with van der Waals surface area (Å²) in [5.74, 6) is -0.497. The first-order chi connectivity index (χ1) is 12.0. The lowest BCUT2D eigenvalue weighted by Crippen LogP contribution is -2.20. The molecular formula is C18H13BrN2O4. The second-order valence-corrected chi connectivity index (χ2v) is 6.05. The van der Waals surface area contributed by atoms with E-state index in [1.54, 1.807) is 36.4 Å². The largest absolute Gasteiger partial charge is 0.483 e. The number of carbonyl (C=O) groups is 2. The summed E-state index contributed by atoms with van der Waals surface area (Å²) in [5, 5.41) is 0. The quantitative estimate of drug-likeness (QED) is 0.616. The van der Waals surface area contributed by atoms with Crippen molar-refractivity contribution in [3.63, 3.8) is 0 Å². The van der Waals surface area contributed by atoms with Crippen molar-refractivity contribution in [3.8, 4) is 5.75 Å². The van der Waals surface area contributed by atoms with Crippen LogP contribution in [0.4, 0.5) is 0 Å². The molecule has 2 aromatic carbocycles. The van der Waals surface area contributed by atoms with Crippen LogP contribution < -0.4 is 10.5 Å². The van der Waals surface area contributed by atoms with Crippen molar-refractivity contribution in [3.05, 3.63) is 69.8 Å². The molecule has 2 aromatic rings. The third-order valence-corrected chi connectivity index (χ3v) is 3.77. The maximum atomic E-state index is 12.1. The van der Waals surface area contributed by atoms with Gasteiger partial charge in [0.1, 0.15) is 5.75 Å². The average Bonchev–Trinajstić information content (AvgIpc) is 2.96. The highest BCUT2D eigenvalue weighted by Gasteiger charge is 2.24. The lowest BCUT2D eigenvalue weighted by atomic mass is 10.1. The van der Waals surface area contributed by atoms with E-state index in [0.717, 1.165) is 4.47 Å². The molecule has 0 atom stereocenters. The maximum absolute atomic E-state index is 12.1. The van der Waals surface area contributed by atoms with E-state index in [9.17, 15) is 9.59 Å². The highest BCUT2D eigenvalue weighted by Crippen LogP contribution is 2.27. The number of amides is 1. The van der Waals surface area contributed by atoms with E-state index in [2.05, 4.69) is 20.9 Å². The molecule has 126 valence electrons. The van der Waals surface area contributed by atoms with Crippen molar-refractivity contribution in [1.29, 1.82) is 0 Å². The number of rotatable bonds is 5. The predicted molar refractivity (Wildman–Crippen MR) is 95.9 cm³/mol. The maximum Gasteiger partial charge on any atom is 0.363 e. The molecule has 3 rings (SSSR count). The summed E-state index contributed by atoms with van der Waals surface area (Å²) in [6.45, 7) is -0.263. The van der Waals surface area contributed by atoms with Gasteiger partial charge in [0.15, 0.2) is 12.3 Å². The van der Waals surface area contributed by atoms with E-state index in [1.807, 2.05) is 18.2 Å². The van der Waals surface area contributed by atoms with Crippen molar-refractivity contribution >= 4 is 39.8 Å². The number of hydrogen-bond donors (Lipinski definition) is 1. The van der Waals surface area contributed by atoms with E-state index in [1.165, 1.54) is 0 Å². The minimum absolute atomic E-state index is 0.140. The van der Waals surface area contributed by atoms with Gasteiger partial charge in [0.2, 0.25) is 5.90 Å². The Bertz CT molecular complexity index is 891. The Morgan fingerprint density at radius 3 is 2.72 bits per heavy atom. The Hall–Kier alpha value is -2.93. The predicted octanol–water partition coefficient (Wildman–Crippen LogP) is 2.66. The molecule has 7 heteroatoms.